The molecule has 2 aliphatic rings. The molecule has 148 valence electrons. The molecule has 7 nitrogen and oxygen atoms in total. The third kappa shape index (κ3) is 3.74. The Hall–Kier alpha value is -2.83. The molecule has 1 saturated heterocycles. The van der Waals surface area contributed by atoms with Gasteiger partial charge >= 0.3 is 0 Å². The molecular formula is C21H26N4O3. The number of carbonyl (C=O) groups is 1. The molecule has 1 aliphatic heterocycles. The molecule has 28 heavy (non-hydrogen) atoms. The highest BCUT2D eigenvalue weighted by Crippen LogP contribution is 2.38. The van der Waals surface area contributed by atoms with Crippen LogP contribution in [0.2, 0.25) is 0 Å². The van der Waals surface area contributed by atoms with Gasteiger partial charge in [-0.25, -0.2) is 4.68 Å². The van der Waals surface area contributed by atoms with Gasteiger partial charge in [0.25, 0.3) is 5.56 Å². The quantitative estimate of drug-likeness (QED) is 0.792. The maximum Gasteiger partial charge on any atom is 0.267 e. The van der Waals surface area contributed by atoms with Crippen LogP contribution < -0.4 is 15.2 Å². The van der Waals surface area contributed by atoms with Crippen LogP contribution in [0.25, 0.3) is 0 Å². The SMILES string of the molecule is COc1cccc(N2CCN(C(=O)C(C)n3nc(C4CC4)ccc3=O)CC2)c1. The molecule has 2 fully saturated rings. The van der Waals surface area contributed by atoms with E-state index >= 15 is 0 Å². The van der Waals surface area contributed by atoms with E-state index in [4.69, 9.17) is 4.74 Å². The van der Waals surface area contributed by atoms with E-state index in [-0.39, 0.29) is 11.5 Å². The normalized spacial score (nSPS) is 18.1. The number of rotatable bonds is 5. The molecule has 4 rings (SSSR count). The number of nitrogens with zero attached hydrogens (tertiary/aromatic N) is 4. The van der Waals surface area contributed by atoms with Crippen molar-refractivity contribution in [3.05, 3.63) is 52.4 Å². The molecule has 1 atom stereocenters. The second-order valence-corrected chi connectivity index (χ2v) is 7.51. The van der Waals surface area contributed by atoms with Crippen molar-refractivity contribution >= 4 is 11.6 Å². The minimum absolute atomic E-state index is 0.0483. The third-order valence-electron chi connectivity index (χ3n) is 5.58. The Morgan fingerprint density at radius 2 is 1.89 bits per heavy atom. The number of hydrogen-bond acceptors (Lipinski definition) is 5. The van der Waals surface area contributed by atoms with Crippen LogP contribution in [0, 0.1) is 0 Å². The van der Waals surface area contributed by atoms with E-state index in [0.717, 1.165) is 43.1 Å². The molecular weight excluding hydrogens is 356 g/mol. The summed E-state index contributed by atoms with van der Waals surface area (Å²) < 4.78 is 6.65. The monoisotopic (exact) mass is 382 g/mol. The van der Waals surface area contributed by atoms with Crippen molar-refractivity contribution in [1.29, 1.82) is 0 Å². The lowest BCUT2D eigenvalue weighted by Crippen LogP contribution is -2.51. The highest BCUT2D eigenvalue weighted by atomic mass is 16.5. The lowest BCUT2D eigenvalue weighted by atomic mass is 10.2. The molecule has 1 unspecified atom stereocenters. The molecule has 1 saturated carbocycles. The van der Waals surface area contributed by atoms with Crippen LogP contribution in [0.3, 0.4) is 0 Å². The van der Waals surface area contributed by atoms with Gasteiger partial charge in [-0.3, -0.25) is 9.59 Å². The number of carbonyl (C=O) groups excluding carboxylic acids is 1. The first-order chi connectivity index (χ1) is 13.6. The molecule has 0 bridgehead atoms. The molecule has 1 aromatic heterocycles. The van der Waals surface area contributed by atoms with Crippen molar-refractivity contribution in [2.24, 2.45) is 0 Å². The lowest BCUT2D eigenvalue weighted by molar-refractivity contribution is -0.135. The van der Waals surface area contributed by atoms with Crippen molar-refractivity contribution in [2.45, 2.75) is 31.7 Å². The molecule has 1 amide bonds. The number of anilines is 1. The van der Waals surface area contributed by atoms with Crippen molar-refractivity contribution < 1.29 is 9.53 Å². The molecule has 1 aromatic carbocycles. The van der Waals surface area contributed by atoms with Crippen LogP contribution >= 0.6 is 0 Å². The molecule has 1 aliphatic carbocycles. The third-order valence-corrected chi connectivity index (χ3v) is 5.58. The van der Waals surface area contributed by atoms with E-state index in [0.29, 0.717) is 19.0 Å². The van der Waals surface area contributed by atoms with Gasteiger partial charge in [-0.1, -0.05) is 6.07 Å². The van der Waals surface area contributed by atoms with Crippen LogP contribution in [0.15, 0.2) is 41.2 Å². The lowest BCUT2D eigenvalue weighted by Gasteiger charge is -2.37. The Morgan fingerprint density at radius 3 is 2.57 bits per heavy atom. The molecule has 2 aromatic rings. The van der Waals surface area contributed by atoms with Gasteiger partial charge in [0, 0.05) is 49.9 Å². The van der Waals surface area contributed by atoms with Crippen LogP contribution in [0.1, 0.15) is 37.4 Å². The number of amides is 1. The summed E-state index contributed by atoms with van der Waals surface area (Å²) in [5.41, 5.74) is 1.79. The fourth-order valence-electron chi connectivity index (χ4n) is 3.68. The summed E-state index contributed by atoms with van der Waals surface area (Å²) in [6.45, 7) is 4.50. The van der Waals surface area contributed by atoms with Crippen molar-refractivity contribution in [3.63, 3.8) is 0 Å². The molecule has 7 heteroatoms. The van der Waals surface area contributed by atoms with Crippen LogP contribution in [0.5, 0.6) is 5.75 Å². The minimum Gasteiger partial charge on any atom is -0.497 e. The summed E-state index contributed by atoms with van der Waals surface area (Å²) in [6, 6.07) is 10.7. The topological polar surface area (TPSA) is 67.7 Å². The average Bonchev–Trinajstić information content (AvgIpc) is 3.58. The molecule has 0 spiro atoms. The van der Waals surface area contributed by atoms with Gasteiger partial charge in [0.05, 0.1) is 12.8 Å². The van der Waals surface area contributed by atoms with Crippen LogP contribution in [-0.2, 0) is 4.79 Å². The van der Waals surface area contributed by atoms with E-state index < -0.39 is 6.04 Å². The summed E-state index contributed by atoms with van der Waals surface area (Å²) in [5.74, 6) is 1.22. The number of aromatic nitrogens is 2. The second kappa shape index (κ2) is 7.66. The second-order valence-electron chi connectivity index (χ2n) is 7.51. The van der Waals surface area contributed by atoms with Gasteiger partial charge < -0.3 is 14.5 Å². The number of ether oxygens (including phenoxy) is 1. The molecule has 0 radical (unpaired) electrons. The summed E-state index contributed by atoms with van der Waals surface area (Å²) >= 11 is 0. The largest absolute Gasteiger partial charge is 0.497 e. The zero-order valence-electron chi connectivity index (χ0n) is 16.4. The summed E-state index contributed by atoms with van der Waals surface area (Å²) in [4.78, 5) is 29.3. The smallest absolute Gasteiger partial charge is 0.267 e. The number of benzene rings is 1. The van der Waals surface area contributed by atoms with Crippen molar-refractivity contribution in [1.82, 2.24) is 14.7 Å². The summed E-state index contributed by atoms with van der Waals surface area (Å²) in [7, 11) is 1.66. The Balaban J connectivity index is 1.42. The number of methoxy groups -OCH3 is 1. The Morgan fingerprint density at radius 1 is 1.14 bits per heavy atom. The van der Waals surface area contributed by atoms with Gasteiger partial charge in [0.1, 0.15) is 11.8 Å². The zero-order chi connectivity index (χ0) is 19.7. The van der Waals surface area contributed by atoms with Gasteiger partial charge in [0.15, 0.2) is 0 Å². The maximum atomic E-state index is 13.0. The predicted molar refractivity (Wildman–Crippen MR) is 107 cm³/mol. The molecule has 2 heterocycles. The number of piperazine rings is 1. The first-order valence-electron chi connectivity index (χ1n) is 9.84. The highest BCUT2D eigenvalue weighted by molar-refractivity contribution is 5.80. The van der Waals surface area contributed by atoms with Crippen molar-refractivity contribution in [2.75, 3.05) is 38.2 Å². The zero-order valence-corrected chi connectivity index (χ0v) is 16.4. The standard InChI is InChI=1S/C21H26N4O3/c1-15(25-20(26)9-8-19(22-25)16-6-7-16)21(27)24-12-10-23(11-13-24)17-4-3-5-18(14-17)28-2/h3-5,8-9,14-16H,6-7,10-13H2,1-2H3. The summed E-state index contributed by atoms with van der Waals surface area (Å²) in [6.07, 6.45) is 2.22. The maximum absolute atomic E-state index is 13.0. The minimum atomic E-state index is -0.588. The van der Waals surface area contributed by atoms with E-state index in [2.05, 4.69) is 16.1 Å². The van der Waals surface area contributed by atoms with Crippen LogP contribution in [0.4, 0.5) is 5.69 Å². The summed E-state index contributed by atoms with van der Waals surface area (Å²) in [5, 5.41) is 4.46. The van der Waals surface area contributed by atoms with Gasteiger partial charge in [-0.05, 0) is 38.0 Å². The number of hydrogen-bond donors (Lipinski definition) is 0. The Labute approximate surface area is 164 Å². The van der Waals surface area contributed by atoms with E-state index in [9.17, 15) is 9.59 Å². The van der Waals surface area contributed by atoms with Gasteiger partial charge in [-0.15, -0.1) is 0 Å². The fourth-order valence-corrected chi connectivity index (χ4v) is 3.68. The van der Waals surface area contributed by atoms with Crippen LogP contribution in [-0.4, -0.2) is 53.9 Å². The first kappa shape index (κ1) is 18.5. The average molecular weight is 382 g/mol. The van der Waals surface area contributed by atoms with E-state index in [1.54, 1.807) is 20.1 Å². The van der Waals surface area contributed by atoms with Gasteiger partial charge in [0.2, 0.25) is 5.91 Å². The Kier molecular flexibility index (Phi) is 5.07. The van der Waals surface area contributed by atoms with E-state index in [1.165, 1.54) is 10.7 Å². The van der Waals surface area contributed by atoms with Crippen molar-refractivity contribution in [3.8, 4) is 5.75 Å². The Bertz CT molecular complexity index is 914. The first-order valence-corrected chi connectivity index (χ1v) is 9.84. The van der Waals surface area contributed by atoms with E-state index in [1.807, 2.05) is 23.1 Å². The fraction of sp³-hybridized carbons (Fsp3) is 0.476. The highest BCUT2D eigenvalue weighted by Gasteiger charge is 2.29. The van der Waals surface area contributed by atoms with Gasteiger partial charge in [-0.2, -0.15) is 5.10 Å². The molecule has 0 N–H and O–H groups in total. The predicted octanol–water partition coefficient (Wildman–Crippen LogP) is 2.04.